The maximum Gasteiger partial charge on any atom is 0.224 e. The van der Waals surface area contributed by atoms with Crippen LogP contribution in [-0.2, 0) is 13.0 Å². The predicted molar refractivity (Wildman–Crippen MR) is 82.4 cm³/mol. The van der Waals surface area contributed by atoms with Gasteiger partial charge in [-0.15, -0.1) is 0 Å². The van der Waals surface area contributed by atoms with Gasteiger partial charge in [-0.2, -0.15) is 0 Å². The Kier molecular flexibility index (Phi) is 4.74. The summed E-state index contributed by atoms with van der Waals surface area (Å²) >= 11 is 0. The highest BCUT2D eigenvalue weighted by Gasteiger charge is 2.12. The summed E-state index contributed by atoms with van der Waals surface area (Å²) in [6.45, 7) is 6.98. The largest absolute Gasteiger partial charge is 0.438 e. The highest BCUT2D eigenvalue weighted by atomic mass is 16.5. The molecule has 1 aromatic heterocycles. The van der Waals surface area contributed by atoms with Crippen molar-refractivity contribution in [2.45, 2.75) is 33.7 Å². The highest BCUT2D eigenvalue weighted by Crippen LogP contribution is 2.29. The van der Waals surface area contributed by atoms with Crippen LogP contribution >= 0.6 is 0 Å². The molecule has 3 nitrogen and oxygen atoms in total. The van der Waals surface area contributed by atoms with Crippen molar-refractivity contribution in [2.75, 3.05) is 7.05 Å². The number of benzene rings is 1. The number of nitrogens with zero attached hydrogens (tertiary/aromatic N) is 1. The minimum atomic E-state index is 0.706. The first kappa shape index (κ1) is 14.5. The Morgan fingerprint density at radius 1 is 1.20 bits per heavy atom. The molecule has 2 aromatic rings. The number of para-hydroxylation sites is 1. The molecular weight excluding hydrogens is 248 g/mol. The molecule has 3 heteroatoms. The second-order valence-electron chi connectivity index (χ2n) is 4.96. The zero-order valence-electron chi connectivity index (χ0n) is 12.7. The number of rotatable bonds is 5. The van der Waals surface area contributed by atoms with Crippen molar-refractivity contribution in [3.05, 3.63) is 52.7 Å². The van der Waals surface area contributed by atoms with E-state index in [-0.39, 0.29) is 0 Å². The van der Waals surface area contributed by atoms with Gasteiger partial charge >= 0.3 is 0 Å². The standard InChI is InChI=1S/C17H22N2O/c1-5-14-8-6-7-9-16(14)20-17-15(11-18-4)12(2)10-13(3)19-17/h6-10,18H,5,11H2,1-4H3. The average Bonchev–Trinajstić information content (AvgIpc) is 2.43. The van der Waals surface area contributed by atoms with Crippen molar-refractivity contribution in [3.63, 3.8) is 0 Å². The summed E-state index contributed by atoms with van der Waals surface area (Å²) in [4.78, 5) is 4.56. The van der Waals surface area contributed by atoms with Gasteiger partial charge in [-0.25, -0.2) is 4.98 Å². The molecule has 1 N–H and O–H groups in total. The van der Waals surface area contributed by atoms with E-state index in [1.165, 1.54) is 11.1 Å². The lowest BCUT2D eigenvalue weighted by Crippen LogP contribution is -2.10. The third-order valence-electron chi connectivity index (χ3n) is 3.35. The first-order chi connectivity index (χ1) is 9.65. The van der Waals surface area contributed by atoms with Crippen LogP contribution in [0, 0.1) is 13.8 Å². The smallest absolute Gasteiger partial charge is 0.224 e. The van der Waals surface area contributed by atoms with Crippen molar-refractivity contribution >= 4 is 0 Å². The van der Waals surface area contributed by atoms with E-state index in [1.807, 2.05) is 32.2 Å². The number of hydrogen-bond donors (Lipinski definition) is 1. The summed E-state index contributed by atoms with van der Waals surface area (Å²) in [5.74, 6) is 1.60. The summed E-state index contributed by atoms with van der Waals surface area (Å²) in [6.07, 6.45) is 0.947. The molecule has 0 aliphatic rings. The monoisotopic (exact) mass is 270 g/mol. The molecule has 0 aliphatic heterocycles. The normalized spacial score (nSPS) is 10.6. The van der Waals surface area contributed by atoms with Crippen LogP contribution in [-0.4, -0.2) is 12.0 Å². The van der Waals surface area contributed by atoms with Gasteiger partial charge in [0.1, 0.15) is 5.75 Å². The van der Waals surface area contributed by atoms with Gasteiger partial charge in [-0.05, 0) is 50.6 Å². The summed E-state index contributed by atoms with van der Waals surface area (Å²) in [7, 11) is 1.93. The molecule has 0 aliphatic carbocycles. The maximum absolute atomic E-state index is 6.09. The van der Waals surface area contributed by atoms with Gasteiger partial charge in [0, 0.05) is 17.8 Å². The van der Waals surface area contributed by atoms with Gasteiger partial charge in [-0.1, -0.05) is 25.1 Å². The summed E-state index contributed by atoms with van der Waals surface area (Å²) < 4.78 is 6.09. The maximum atomic E-state index is 6.09. The van der Waals surface area contributed by atoms with Crippen molar-refractivity contribution in [1.29, 1.82) is 0 Å². The van der Waals surface area contributed by atoms with Gasteiger partial charge in [0.05, 0.1) is 0 Å². The van der Waals surface area contributed by atoms with E-state index in [0.717, 1.165) is 30.0 Å². The van der Waals surface area contributed by atoms with Crippen molar-refractivity contribution in [3.8, 4) is 11.6 Å². The van der Waals surface area contributed by atoms with E-state index >= 15 is 0 Å². The number of aryl methyl sites for hydroxylation is 3. The molecule has 0 saturated heterocycles. The Morgan fingerprint density at radius 3 is 2.65 bits per heavy atom. The first-order valence-electron chi connectivity index (χ1n) is 7.03. The van der Waals surface area contributed by atoms with Crippen LogP contribution in [0.5, 0.6) is 11.6 Å². The van der Waals surface area contributed by atoms with Gasteiger partial charge in [0.2, 0.25) is 5.88 Å². The SMILES string of the molecule is CCc1ccccc1Oc1nc(C)cc(C)c1CNC. The lowest BCUT2D eigenvalue weighted by Gasteiger charge is -2.15. The van der Waals surface area contributed by atoms with E-state index in [1.54, 1.807) is 0 Å². The fourth-order valence-electron chi connectivity index (χ4n) is 2.30. The molecule has 106 valence electrons. The van der Waals surface area contributed by atoms with Gasteiger partial charge in [0.25, 0.3) is 0 Å². The molecule has 0 bridgehead atoms. The highest BCUT2D eigenvalue weighted by molar-refractivity contribution is 5.41. The molecule has 1 heterocycles. The van der Waals surface area contributed by atoms with E-state index in [4.69, 9.17) is 4.74 Å². The molecule has 2 rings (SSSR count). The Bertz CT molecular complexity index is 594. The zero-order chi connectivity index (χ0) is 14.5. The molecule has 0 saturated carbocycles. The number of nitrogens with one attached hydrogen (secondary N) is 1. The number of aromatic nitrogens is 1. The van der Waals surface area contributed by atoms with Crippen molar-refractivity contribution < 1.29 is 4.74 Å². The molecular formula is C17H22N2O. The summed E-state index contributed by atoms with van der Waals surface area (Å²) in [5.41, 5.74) is 4.50. The van der Waals surface area contributed by atoms with Gasteiger partial charge in [-0.3, -0.25) is 0 Å². The third kappa shape index (κ3) is 3.17. The van der Waals surface area contributed by atoms with Gasteiger partial charge in [0.15, 0.2) is 0 Å². The van der Waals surface area contributed by atoms with Crippen LogP contribution < -0.4 is 10.1 Å². The van der Waals surface area contributed by atoms with E-state index in [2.05, 4.69) is 36.3 Å². The molecule has 0 amide bonds. The zero-order valence-corrected chi connectivity index (χ0v) is 12.7. The lowest BCUT2D eigenvalue weighted by molar-refractivity contribution is 0.447. The molecule has 0 spiro atoms. The Morgan fingerprint density at radius 2 is 1.95 bits per heavy atom. The van der Waals surface area contributed by atoms with Crippen molar-refractivity contribution in [2.24, 2.45) is 0 Å². The molecule has 0 unspecified atom stereocenters. The Hall–Kier alpha value is -1.87. The van der Waals surface area contributed by atoms with Gasteiger partial charge < -0.3 is 10.1 Å². The second kappa shape index (κ2) is 6.53. The molecule has 20 heavy (non-hydrogen) atoms. The van der Waals surface area contributed by atoms with Crippen LogP contribution in [0.3, 0.4) is 0 Å². The fourth-order valence-corrected chi connectivity index (χ4v) is 2.30. The number of hydrogen-bond acceptors (Lipinski definition) is 3. The van der Waals surface area contributed by atoms with E-state index < -0.39 is 0 Å². The minimum Gasteiger partial charge on any atom is -0.438 e. The molecule has 0 atom stereocenters. The molecule has 0 radical (unpaired) electrons. The Balaban J connectivity index is 2.42. The minimum absolute atomic E-state index is 0.706. The lowest BCUT2D eigenvalue weighted by atomic mass is 10.1. The van der Waals surface area contributed by atoms with Crippen LogP contribution in [0.1, 0.15) is 29.3 Å². The molecule has 0 fully saturated rings. The quantitative estimate of drug-likeness (QED) is 0.898. The van der Waals surface area contributed by atoms with Crippen molar-refractivity contribution in [1.82, 2.24) is 10.3 Å². The summed E-state index contributed by atoms with van der Waals surface area (Å²) in [5, 5.41) is 3.18. The predicted octanol–water partition coefficient (Wildman–Crippen LogP) is 3.77. The average molecular weight is 270 g/mol. The Labute approximate surface area is 121 Å². The second-order valence-corrected chi connectivity index (χ2v) is 4.96. The third-order valence-corrected chi connectivity index (χ3v) is 3.35. The number of pyridine rings is 1. The first-order valence-corrected chi connectivity index (χ1v) is 7.03. The van der Waals surface area contributed by atoms with Crippen LogP contribution in [0.2, 0.25) is 0 Å². The topological polar surface area (TPSA) is 34.1 Å². The van der Waals surface area contributed by atoms with Crippen LogP contribution in [0.15, 0.2) is 30.3 Å². The molecule has 1 aromatic carbocycles. The van der Waals surface area contributed by atoms with E-state index in [9.17, 15) is 0 Å². The number of ether oxygens (including phenoxy) is 1. The fraction of sp³-hybridized carbons (Fsp3) is 0.353. The van der Waals surface area contributed by atoms with E-state index in [0.29, 0.717) is 5.88 Å². The summed E-state index contributed by atoms with van der Waals surface area (Å²) in [6, 6.07) is 10.2. The van der Waals surface area contributed by atoms with Crippen LogP contribution in [0.4, 0.5) is 0 Å². The van der Waals surface area contributed by atoms with Crippen LogP contribution in [0.25, 0.3) is 0 Å².